The first-order valence-corrected chi connectivity index (χ1v) is 6.21. The highest BCUT2D eigenvalue weighted by molar-refractivity contribution is 7.09. The van der Waals surface area contributed by atoms with Crippen molar-refractivity contribution in [3.63, 3.8) is 0 Å². The molecule has 3 nitrogen and oxygen atoms in total. The van der Waals surface area contributed by atoms with Crippen LogP contribution in [0.2, 0.25) is 0 Å². The molecule has 0 spiro atoms. The zero-order valence-electron chi connectivity index (χ0n) is 9.26. The Kier molecular flexibility index (Phi) is 4.02. The van der Waals surface area contributed by atoms with Crippen LogP contribution in [0.15, 0.2) is 36.1 Å². The lowest BCUT2D eigenvalue weighted by atomic mass is 10.1. The fourth-order valence-corrected chi connectivity index (χ4v) is 2.34. The average molecular weight is 233 g/mol. The van der Waals surface area contributed by atoms with Crippen molar-refractivity contribution < 1.29 is 0 Å². The molecule has 0 saturated carbocycles. The van der Waals surface area contributed by atoms with Gasteiger partial charge in [0.15, 0.2) is 0 Å². The second-order valence-electron chi connectivity index (χ2n) is 3.68. The van der Waals surface area contributed by atoms with E-state index < -0.39 is 0 Å². The van der Waals surface area contributed by atoms with Gasteiger partial charge in [-0.05, 0) is 25.1 Å². The first-order chi connectivity index (χ1) is 7.88. The van der Waals surface area contributed by atoms with Gasteiger partial charge < -0.3 is 5.32 Å². The number of rotatable bonds is 5. The van der Waals surface area contributed by atoms with Gasteiger partial charge in [-0.15, -0.1) is 11.3 Å². The number of hydrogen-bond acceptors (Lipinski definition) is 4. The molecule has 0 radical (unpaired) electrons. The van der Waals surface area contributed by atoms with Crippen molar-refractivity contribution in [2.45, 2.75) is 18.9 Å². The number of hydrogen-bond donors (Lipinski definition) is 1. The molecule has 1 unspecified atom stereocenters. The molecule has 0 aliphatic rings. The molecule has 2 aromatic rings. The second-order valence-corrected chi connectivity index (χ2v) is 4.66. The van der Waals surface area contributed by atoms with Crippen LogP contribution in [-0.4, -0.2) is 23.1 Å². The van der Waals surface area contributed by atoms with E-state index >= 15 is 0 Å². The van der Waals surface area contributed by atoms with Gasteiger partial charge in [-0.3, -0.25) is 4.98 Å². The molecule has 0 saturated heterocycles. The Morgan fingerprint density at radius 1 is 1.38 bits per heavy atom. The quantitative estimate of drug-likeness (QED) is 0.857. The third kappa shape index (κ3) is 3.12. The van der Waals surface area contributed by atoms with Crippen LogP contribution in [0.3, 0.4) is 0 Å². The van der Waals surface area contributed by atoms with Crippen LogP contribution in [0, 0.1) is 0 Å². The SMILES string of the molecule is CNC(Cc1cccnc1)Cc1nccs1. The summed E-state index contributed by atoms with van der Waals surface area (Å²) < 4.78 is 0. The van der Waals surface area contributed by atoms with Crippen LogP contribution in [0.25, 0.3) is 0 Å². The highest BCUT2D eigenvalue weighted by Crippen LogP contribution is 2.10. The molecule has 0 amide bonds. The molecular weight excluding hydrogens is 218 g/mol. The number of nitrogens with zero attached hydrogens (tertiary/aromatic N) is 2. The molecule has 0 aliphatic heterocycles. The van der Waals surface area contributed by atoms with Crippen LogP contribution >= 0.6 is 11.3 Å². The van der Waals surface area contributed by atoms with E-state index in [2.05, 4.69) is 21.4 Å². The van der Waals surface area contributed by atoms with Gasteiger partial charge in [-0.25, -0.2) is 4.98 Å². The molecule has 2 rings (SSSR count). The summed E-state index contributed by atoms with van der Waals surface area (Å²) in [7, 11) is 1.99. The molecule has 2 heterocycles. The molecular formula is C12H15N3S. The maximum absolute atomic E-state index is 4.31. The topological polar surface area (TPSA) is 37.8 Å². The maximum Gasteiger partial charge on any atom is 0.0940 e. The summed E-state index contributed by atoms with van der Waals surface area (Å²) in [6, 6.07) is 4.51. The molecule has 1 atom stereocenters. The smallest absolute Gasteiger partial charge is 0.0940 e. The number of nitrogens with one attached hydrogen (secondary N) is 1. The minimum atomic E-state index is 0.426. The molecule has 84 valence electrons. The van der Waals surface area contributed by atoms with Crippen LogP contribution in [0.4, 0.5) is 0 Å². The van der Waals surface area contributed by atoms with E-state index in [0.717, 1.165) is 12.8 Å². The van der Waals surface area contributed by atoms with Gasteiger partial charge in [0.2, 0.25) is 0 Å². The summed E-state index contributed by atoms with van der Waals surface area (Å²) in [6.07, 6.45) is 7.55. The Bertz CT molecular complexity index is 399. The minimum absolute atomic E-state index is 0.426. The lowest BCUT2D eigenvalue weighted by Crippen LogP contribution is -2.29. The molecule has 0 aliphatic carbocycles. The van der Waals surface area contributed by atoms with Crippen molar-refractivity contribution in [3.8, 4) is 0 Å². The van der Waals surface area contributed by atoms with Crippen molar-refractivity contribution >= 4 is 11.3 Å². The van der Waals surface area contributed by atoms with E-state index in [9.17, 15) is 0 Å². The van der Waals surface area contributed by atoms with Crippen LogP contribution in [0.5, 0.6) is 0 Å². The lowest BCUT2D eigenvalue weighted by molar-refractivity contribution is 0.554. The fraction of sp³-hybridized carbons (Fsp3) is 0.333. The van der Waals surface area contributed by atoms with Gasteiger partial charge in [-0.1, -0.05) is 6.07 Å². The van der Waals surface area contributed by atoms with Gasteiger partial charge in [0.1, 0.15) is 0 Å². The van der Waals surface area contributed by atoms with Crippen LogP contribution in [-0.2, 0) is 12.8 Å². The van der Waals surface area contributed by atoms with Gasteiger partial charge in [0.05, 0.1) is 5.01 Å². The molecule has 16 heavy (non-hydrogen) atoms. The summed E-state index contributed by atoms with van der Waals surface area (Å²) >= 11 is 1.71. The van der Waals surface area contributed by atoms with Crippen molar-refractivity contribution in [1.29, 1.82) is 0 Å². The second kappa shape index (κ2) is 5.72. The van der Waals surface area contributed by atoms with Crippen LogP contribution in [0.1, 0.15) is 10.6 Å². The monoisotopic (exact) mass is 233 g/mol. The summed E-state index contributed by atoms with van der Waals surface area (Å²) in [5, 5.41) is 6.53. The Hall–Kier alpha value is -1.26. The average Bonchev–Trinajstić information content (AvgIpc) is 2.82. The van der Waals surface area contributed by atoms with Crippen molar-refractivity contribution in [2.75, 3.05) is 7.05 Å². The molecule has 2 aromatic heterocycles. The fourth-order valence-electron chi connectivity index (χ4n) is 1.64. The Morgan fingerprint density at radius 2 is 2.31 bits per heavy atom. The maximum atomic E-state index is 4.31. The van der Waals surface area contributed by atoms with Crippen molar-refractivity contribution in [1.82, 2.24) is 15.3 Å². The zero-order chi connectivity index (χ0) is 11.2. The number of thiazole rings is 1. The molecule has 0 fully saturated rings. The van der Waals surface area contributed by atoms with Gasteiger partial charge in [0, 0.05) is 36.4 Å². The third-order valence-electron chi connectivity index (χ3n) is 2.52. The van der Waals surface area contributed by atoms with Gasteiger partial charge in [-0.2, -0.15) is 0 Å². The van der Waals surface area contributed by atoms with Crippen LogP contribution < -0.4 is 5.32 Å². The molecule has 4 heteroatoms. The summed E-state index contributed by atoms with van der Waals surface area (Å²) in [6.45, 7) is 0. The molecule has 0 aromatic carbocycles. The zero-order valence-corrected chi connectivity index (χ0v) is 10.1. The normalized spacial score (nSPS) is 12.6. The van der Waals surface area contributed by atoms with E-state index in [1.165, 1.54) is 10.6 Å². The van der Waals surface area contributed by atoms with E-state index in [0.29, 0.717) is 6.04 Å². The predicted octanol–water partition coefficient (Wildman–Crippen LogP) is 1.91. The first kappa shape index (κ1) is 11.2. The summed E-state index contributed by atoms with van der Waals surface area (Å²) in [5.41, 5.74) is 1.26. The van der Waals surface area contributed by atoms with Gasteiger partial charge in [0.25, 0.3) is 0 Å². The number of pyridine rings is 1. The predicted molar refractivity (Wildman–Crippen MR) is 66.6 cm³/mol. The minimum Gasteiger partial charge on any atom is -0.316 e. The number of likely N-dealkylation sites (N-methyl/N-ethyl adjacent to an activating group) is 1. The third-order valence-corrected chi connectivity index (χ3v) is 3.32. The van der Waals surface area contributed by atoms with E-state index in [-0.39, 0.29) is 0 Å². The summed E-state index contributed by atoms with van der Waals surface area (Å²) in [5.74, 6) is 0. The lowest BCUT2D eigenvalue weighted by Gasteiger charge is -2.14. The van der Waals surface area contributed by atoms with E-state index in [4.69, 9.17) is 0 Å². The summed E-state index contributed by atoms with van der Waals surface area (Å²) in [4.78, 5) is 8.44. The standard InChI is InChI=1S/C12H15N3S/c1-13-11(8-12-15-5-6-16-12)7-10-3-2-4-14-9-10/h2-6,9,11,13H,7-8H2,1H3. The Morgan fingerprint density at radius 3 is 2.94 bits per heavy atom. The van der Waals surface area contributed by atoms with E-state index in [1.54, 1.807) is 17.5 Å². The Balaban J connectivity index is 1.96. The largest absolute Gasteiger partial charge is 0.316 e. The first-order valence-electron chi connectivity index (χ1n) is 5.33. The highest BCUT2D eigenvalue weighted by Gasteiger charge is 2.09. The van der Waals surface area contributed by atoms with Crippen molar-refractivity contribution in [2.24, 2.45) is 0 Å². The molecule has 0 bridgehead atoms. The molecule has 1 N–H and O–H groups in total. The van der Waals surface area contributed by atoms with Gasteiger partial charge >= 0.3 is 0 Å². The Labute approximate surface area is 99.6 Å². The van der Waals surface area contributed by atoms with E-state index in [1.807, 2.05) is 30.9 Å². The van der Waals surface area contributed by atoms with Crippen molar-refractivity contribution in [3.05, 3.63) is 46.7 Å². The highest BCUT2D eigenvalue weighted by atomic mass is 32.1. The number of aromatic nitrogens is 2.